The highest BCUT2D eigenvalue weighted by molar-refractivity contribution is 5.98. The van der Waals surface area contributed by atoms with Crippen LogP contribution in [0.15, 0.2) is 41.0 Å². The monoisotopic (exact) mass is 213 g/mol. The molecule has 1 amide bonds. The van der Waals surface area contributed by atoms with Crippen molar-refractivity contribution in [3.8, 4) is 11.3 Å². The molecule has 3 nitrogen and oxygen atoms in total. The summed E-state index contributed by atoms with van der Waals surface area (Å²) in [6.45, 7) is 0. The van der Waals surface area contributed by atoms with Gasteiger partial charge in [0.2, 0.25) is 5.91 Å². The van der Waals surface area contributed by atoms with Crippen LogP contribution in [0.1, 0.15) is 12.0 Å². The van der Waals surface area contributed by atoms with E-state index in [-0.39, 0.29) is 5.91 Å². The Hall–Kier alpha value is -2.03. The first-order chi connectivity index (χ1) is 7.84. The van der Waals surface area contributed by atoms with Crippen molar-refractivity contribution >= 4 is 11.6 Å². The quantitative estimate of drug-likeness (QED) is 0.791. The molecule has 1 aromatic carbocycles. The van der Waals surface area contributed by atoms with Crippen LogP contribution in [0.3, 0.4) is 0 Å². The number of carbonyl (C=O) groups excluding carboxylic acids is 1. The third-order valence-corrected chi connectivity index (χ3v) is 2.82. The maximum atomic E-state index is 11.4. The van der Waals surface area contributed by atoms with Crippen molar-refractivity contribution in [2.75, 3.05) is 5.32 Å². The van der Waals surface area contributed by atoms with E-state index in [1.54, 1.807) is 6.26 Å². The molecular formula is C13H11NO2. The number of rotatable bonds is 1. The first-order valence-corrected chi connectivity index (χ1v) is 5.30. The van der Waals surface area contributed by atoms with Crippen molar-refractivity contribution < 1.29 is 9.21 Å². The van der Waals surface area contributed by atoms with Gasteiger partial charge >= 0.3 is 0 Å². The first kappa shape index (κ1) is 9.21. The smallest absolute Gasteiger partial charge is 0.224 e. The summed E-state index contributed by atoms with van der Waals surface area (Å²) in [7, 11) is 0. The summed E-state index contributed by atoms with van der Waals surface area (Å²) in [6, 6.07) is 9.74. The molecule has 80 valence electrons. The number of anilines is 1. The average molecular weight is 213 g/mol. The fraction of sp³-hybridized carbons (Fsp3) is 0.154. The SMILES string of the molecule is O=C1CCc2cccc(-c3ccco3)c2N1. The second kappa shape index (κ2) is 3.52. The van der Waals surface area contributed by atoms with Gasteiger partial charge in [-0.15, -0.1) is 0 Å². The lowest BCUT2D eigenvalue weighted by molar-refractivity contribution is -0.116. The number of amides is 1. The molecule has 0 atom stereocenters. The molecule has 0 aliphatic carbocycles. The number of nitrogens with one attached hydrogen (secondary N) is 1. The van der Waals surface area contributed by atoms with Gasteiger partial charge in [0.1, 0.15) is 5.76 Å². The van der Waals surface area contributed by atoms with Gasteiger partial charge in [-0.2, -0.15) is 0 Å². The summed E-state index contributed by atoms with van der Waals surface area (Å²) in [4.78, 5) is 11.4. The Labute approximate surface area is 93.1 Å². The van der Waals surface area contributed by atoms with E-state index in [1.807, 2.05) is 30.3 Å². The zero-order chi connectivity index (χ0) is 11.0. The highest BCUT2D eigenvalue weighted by atomic mass is 16.3. The molecule has 1 N–H and O–H groups in total. The molecule has 0 saturated heterocycles. The Morgan fingerprint density at radius 1 is 1.12 bits per heavy atom. The van der Waals surface area contributed by atoms with E-state index in [0.717, 1.165) is 23.4 Å². The second-order valence-electron chi connectivity index (χ2n) is 3.87. The van der Waals surface area contributed by atoms with E-state index in [4.69, 9.17) is 4.42 Å². The molecule has 0 saturated carbocycles. The van der Waals surface area contributed by atoms with Crippen LogP contribution in [0.4, 0.5) is 5.69 Å². The summed E-state index contributed by atoms with van der Waals surface area (Å²) in [6.07, 6.45) is 3.00. The van der Waals surface area contributed by atoms with Crippen LogP contribution in [0.5, 0.6) is 0 Å². The van der Waals surface area contributed by atoms with E-state index in [9.17, 15) is 4.79 Å². The molecule has 0 spiro atoms. The number of benzene rings is 1. The molecule has 16 heavy (non-hydrogen) atoms. The predicted octanol–water partition coefficient (Wildman–Crippen LogP) is 2.83. The Morgan fingerprint density at radius 3 is 2.88 bits per heavy atom. The number of hydrogen-bond donors (Lipinski definition) is 1. The number of carbonyl (C=O) groups is 1. The number of hydrogen-bond acceptors (Lipinski definition) is 2. The van der Waals surface area contributed by atoms with Crippen LogP contribution in [0.25, 0.3) is 11.3 Å². The van der Waals surface area contributed by atoms with Crippen LogP contribution in [0, 0.1) is 0 Å². The van der Waals surface area contributed by atoms with Crippen molar-refractivity contribution in [3.63, 3.8) is 0 Å². The van der Waals surface area contributed by atoms with Gasteiger partial charge in [-0.25, -0.2) is 0 Å². The molecule has 1 aliphatic heterocycles. The first-order valence-electron chi connectivity index (χ1n) is 5.30. The van der Waals surface area contributed by atoms with Crippen molar-refractivity contribution in [2.24, 2.45) is 0 Å². The van der Waals surface area contributed by atoms with Gasteiger partial charge in [0.25, 0.3) is 0 Å². The molecule has 2 aromatic rings. The van der Waals surface area contributed by atoms with Crippen molar-refractivity contribution in [1.82, 2.24) is 0 Å². The summed E-state index contributed by atoms with van der Waals surface area (Å²) in [5, 5.41) is 2.92. The summed E-state index contributed by atoms with van der Waals surface area (Å²) in [5.41, 5.74) is 3.03. The van der Waals surface area contributed by atoms with E-state index in [1.165, 1.54) is 5.56 Å². The van der Waals surface area contributed by atoms with Crippen LogP contribution in [0.2, 0.25) is 0 Å². The maximum Gasteiger partial charge on any atom is 0.224 e. The van der Waals surface area contributed by atoms with Gasteiger partial charge in [-0.05, 0) is 30.2 Å². The highest BCUT2D eigenvalue weighted by Crippen LogP contribution is 2.34. The second-order valence-corrected chi connectivity index (χ2v) is 3.87. The minimum Gasteiger partial charge on any atom is -0.464 e. The number of furan rings is 1. The Bertz CT molecular complexity index is 529. The van der Waals surface area contributed by atoms with E-state index in [2.05, 4.69) is 5.32 Å². The number of aryl methyl sites for hydroxylation is 1. The van der Waals surface area contributed by atoms with Gasteiger partial charge in [-0.3, -0.25) is 4.79 Å². The maximum absolute atomic E-state index is 11.4. The van der Waals surface area contributed by atoms with Crippen LogP contribution in [-0.4, -0.2) is 5.91 Å². The Kier molecular flexibility index (Phi) is 2.03. The molecule has 1 aromatic heterocycles. The fourth-order valence-corrected chi connectivity index (χ4v) is 2.04. The minimum absolute atomic E-state index is 0.0755. The highest BCUT2D eigenvalue weighted by Gasteiger charge is 2.18. The van der Waals surface area contributed by atoms with Crippen LogP contribution in [-0.2, 0) is 11.2 Å². The summed E-state index contributed by atoms with van der Waals surface area (Å²) < 4.78 is 5.37. The summed E-state index contributed by atoms with van der Waals surface area (Å²) in [5.74, 6) is 0.866. The van der Waals surface area contributed by atoms with E-state index < -0.39 is 0 Å². The van der Waals surface area contributed by atoms with E-state index in [0.29, 0.717) is 6.42 Å². The third kappa shape index (κ3) is 1.41. The van der Waals surface area contributed by atoms with Gasteiger partial charge in [0.05, 0.1) is 12.0 Å². The van der Waals surface area contributed by atoms with Crippen LogP contribution >= 0.6 is 0 Å². The van der Waals surface area contributed by atoms with Crippen molar-refractivity contribution in [2.45, 2.75) is 12.8 Å². The molecule has 3 rings (SSSR count). The minimum atomic E-state index is 0.0755. The molecule has 0 fully saturated rings. The third-order valence-electron chi connectivity index (χ3n) is 2.82. The molecule has 3 heteroatoms. The van der Waals surface area contributed by atoms with E-state index >= 15 is 0 Å². The standard InChI is InChI=1S/C13H11NO2/c15-12-7-6-9-3-1-4-10(13(9)14-12)11-5-2-8-16-11/h1-5,8H,6-7H2,(H,14,15). The largest absolute Gasteiger partial charge is 0.464 e. The normalized spacial score (nSPS) is 14.4. The molecule has 1 aliphatic rings. The molecule has 0 bridgehead atoms. The molecule has 0 unspecified atom stereocenters. The Morgan fingerprint density at radius 2 is 2.06 bits per heavy atom. The lowest BCUT2D eigenvalue weighted by Crippen LogP contribution is -2.19. The summed E-state index contributed by atoms with van der Waals surface area (Å²) >= 11 is 0. The van der Waals surface area contributed by atoms with Crippen LogP contribution < -0.4 is 5.32 Å². The zero-order valence-corrected chi connectivity index (χ0v) is 8.69. The number of fused-ring (bicyclic) bond motifs is 1. The average Bonchev–Trinajstić information content (AvgIpc) is 2.81. The number of para-hydroxylation sites is 1. The lowest BCUT2D eigenvalue weighted by Gasteiger charge is -2.19. The molecule has 0 radical (unpaired) electrons. The van der Waals surface area contributed by atoms with Gasteiger partial charge in [0, 0.05) is 12.0 Å². The van der Waals surface area contributed by atoms with Gasteiger partial charge in [0.15, 0.2) is 0 Å². The molecule has 2 heterocycles. The van der Waals surface area contributed by atoms with Crippen molar-refractivity contribution in [1.29, 1.82) is 0 Å². The molecular weight excluding hydrogens is 202 g/mol. The topological polar surface area (TPSA) is 42.2 Å². The van der Waals surface area contributed by atoms with Crippen molar-refractivity contribution in [3.05, 3.63) is 42.2 Å². The Balaban J connectivity index is 2.16. The van der Waals surface area contributed by atoms with Gasteiger partial charge in [-0.1, -0.05) is 12.1 Å². The van der Waals surface area contributed by atoms with Gasteiger partial charge < -0.3 is 9.73 Å². The predicted molar refractivity (Wildman–Crippen MR) is 61.1 cm³/mol. The fourth-order valence-electron chi connectivity index (χ4n) is 2.04. The zero-order valence-electron chi connectivity index (χ0n) is 8.69. The lowest BCUT2D eigenvalue weighted by atomic mass is 9.98.